The monoisotopic (exact) mass is 296 g/mol. The van der Waals surface area contributed by atoms with Crippen LogP contribution in [0.25, 0.3) is 0 Å². The van der Waals surface area contributed by atoms with Gasteiger partial charge in [0.2, 0.25) is 5.91 Å². The lowest BCUT2D eigenvalue weighted by molar-refractivity contribution is -0.189. The molecule has 8 heteroatoms. The van der Waals surface area contributed by atoms with Crippen molar-refractivity contribution in [2.24, 2.45) is 11.7 Å². The molecule has 0 spiro atoms. The van der Waals surface area contributed by atoms with Crippen LogP contribution in [0.4, 0.5) is 13.2 Å². The van der Waals surface area contributed by atoms with Gasteiger partial charge in [0, 0.05) is 6.04 Å². The standard InChI is InChI=1S/C12H19F3N2O3/c1-2-20-11(19)9(16)10(18)17-8-6-4-3-5-7(8)12(13,14)15/h7-9H,2-6,16H2,1H3,(H,17,18). The molecule has 1 aliphatic rings. The highest BCUT2D eigenvalue weighted by Crippen LogP contribution is 2.37. The van der Waals surface area contributed by atoms with Crippen LogP contribution in [0.3, 0.4) is 0 Å². The fourth-order valence-electron chi connectivity index (χ4n) is 2.31. The minimum Gasteiger partial charge on any atom is -0.464 e. The number of esters is 1. The van der Waals surface area contributed by atoms with E-state index in [4.69, 9.17) is 5.73 Å². The van der Waals surface area contributed by atoms with Gasteiger partial charge in [-0.15, -0.1) is 0 Å². The number of carbonyl (C=O) groups is 2. The summed E-state index contributed by atoms with van der Waals surface area (Å²) in [5.74, 6) is -3.46. The predicted molar refractivity (Wildman–Crippen MR) is 64.6 cm³/mol. The zero-order valence-electron chi connectivity index (χ0n) is 11.2. The van der Waals surface area contributed by atoms with E-state index in [0.717, 1.165) is 0 Å². The lowest BCUT2D eigenvalue weighted by Gasteiger charge is -2.33. The largest absolute Gasteiger partial charge is 0.464 e. The molecule has 5 nitrogen and oxygen atoms in total. The van der Waals surface area contributed by atoms with Gasteiger partial charge in [-0.1, -0.05) is 12.8 Å². The number of carbonyl (C=O) groups excluding carboxylic acids is 2. The third kappa shape index (κ3) is 4.36. The first-order chi connectivity index (χ1) is 9.27. The SMILES string of the molecule is CCOC(=O)C(N)C(=O)NC1CCCCC1C(F)(F)F. The van der Waals surface area contributed by atoms with Crippen LogP contribution in [0, 0.1) is 5.92 Å². The number of alkyl halides is 3. The van der Waals surface area contributed by atoms with Gasteiger partial charge < -0.3 is 15.8 Å². The Kier molecular flexibility index (Phi) is 5.79. The van der Waals surface area contributed by atoms with Gasteiger partial charge in [0.05, 0.1) is 12.5 Å². The number of nitrogens with one attached hydrogen (secondary N) is 1. The maximum Gasteiger partial charge on any atom is 0.393 e. The van der Waals surface area contributed by atoms with Crippen molar-refractivity contribution >= 4 is 11.9 Å². The van der Waals surface area contributed by atoms with Gasteiger partial charge in [-0.25, -0.2) is 4.79 Å². The third-order valence-corrected chi connectivity index (χ3v) is 3.34. The van der Waals surface area contributed by atoms with Gasteiger partial charge in [-0.3, -0.25) is 4.79 Å². The molecule has 1 aliphatic carbocycles. The van der Waals surface area contributed by atoms with E-state index >= 15 is 0 Å². The van der Waals surface area contributed by atoms with Crippen LogP contribution in [0.5, 0.6) is 0 Å². The van der Waals surface area contributed by atoms with Gasteiger partial charge in [-0.05, 0) is 19.8 Å². The predicted octanol–water partition coefficient (Wildman–Crippen LogP) is 1.11. The van der Waals surface area contributed by atoms with Crippen molar-refractivity contribution in [2.45, 2.75) is 50.9 Å². The summed E-state index contributed by atoms with van der Waals surface area (Å²) in [7, 11) is 0. The van der Waals surface area contributed by atoms with Crippen LogP contribution in [-0.2, 0) is 14.3 Å². The number of rotatable bonds is 4. The second-order valence-corrected chi connectivity index (χ2v) is 4.78. The number of hydrogen-bond acceptors (Lipinski definition) is 4. The normalized spacial score (nSPS) is 24.9. The Bertz CT molecular complexity index is 360. The molecule has 0 radical (unpaired) electrons. The summed E-state index contributed by atoms with van der Waals surface area (Å²) in [6.07, 6.45) is -3.09. The van der Waals surface area contributed by atoms with Crippen LogP contribution in [0.1, 0.15) is 32.6 Å². The fraction of sp³-hybridized carbons (Fsp3) is 0.833. The second-order valence-electron chi connectivity index (χ2n) is 4.78. The zero-order valence-corrected chi connectivity index (χ0v) is 11.2. The number of hydrogen-bond donors (Lipinski definition) is 2. The summed E-state index contributed by atoms with van der Waals surface area (Å²) in [6.45, 7) is 1.60. The summed E-state index contributed by atoms with van der Waals surface area (Å²) in [5, 5.41) is 2.23. The molecule has 1 rings (SSSR count). The topological polar surface area (TPSA) is 81.4 Å². The molecule has 0 aromatic heterocycles. The van der Waals surface area contributed by atoms with E-state index in [0.29, 0.717) is 12.8 Å². The van der Waals surface area contributed by atoms with E-state index in [1.54, 1.807) is 6.92 Å². The summed E-state index contributed by atoms with van der Waals surface area (Å²) in [6, 6.07) is -2.62. The van der Waals surface area contributed by atoms with E-state index in [1.807, 2.05) is 0 Å². The molecule has 0 aromatic rings. The van der Waals surface area contributed by atoms with Crippen molar-refractivity contribution in [2.75, 3.05) is 6.61 Å². The molecule has 0 saturated heterocycles. The molecule has 3 atom stereocenters. The summed E-state index contributed by atoms with van der Waals surface area (Å²) in [5.41, 5.74) is 5.35. The van der Waals surface area contributed by atoms with Crippen molar-refractivity contribution in [1.29, 1.82) is 0 Å². The van der Waals surface area contributed by atoms with Crippen molar-refractivity contribution in [3.63, 3.8) is 0 Å². The van der Waals surface area contributed by atoms with Crippen LogP contribution in [-0.4, -0.2) is 36.7 Å². The van der Waals surface area contributed by atoms with Crippen molar-refractivity contribution in [1.82, 2.24) is 5.32 Å². The van der Waals surface area contributed by atoms with Gasteiger partial charge in [0.1, 0.15) is 0 Å². The second kappa shape index (κ2) is 6.92. The minimum absolute atomic E-state index is 0.0247. The molecule has 20 heavy (non-hydrogen) atoms. The average Bonchev–Trinajstić information content (AvgIpc) is 2.37. The molecule has 1 saturated carbocycles. The summed E-state index contributed by atoms with van der Waals surface area (Å²) >= 11 is 0. The number of nitrogens with two attached hydrogens (primary N) is 1. The van der Waals surface area contributed by atoms with E-state index in [9.17, 15) is 22.8 Å². The van der Waals surface area contributed by atoms with Crippen molar-refractivity contribution in [3.8, 4) is 0 Å². The third-order valence-electron chi connectivity index (χ3n) is 3.34. The van der Waals surface area contributed by atoms with Gasteiger partial charge in [0.25, 0.3) is 0 Å². The Balaban J connectivity index is 2.65. The van der Waals surface area contributed by atoms with E-state index in [-0.39, 0.29) is 19.4 Å². The average molecular weight is 296 g/mol. The van der Waals surface area contributed by atoms with Crippen LogP contribution in [0.2, 0.25) is 0 Å². The molecule has 0 aliphatic heterocycles. The molecule has 0 heterocycles. The molecular formula is C12H19F3N2O3. The highest BCUT2D eigenvalue weighted by molar-refractivity contribution is 6.01. The number of ether oxygens (including phenoxy) is 1. The fourth-order valence-corrected chi connectivity index (χ4v) is 2.31. The smallest absolute Gasteiger partial charge is 0.393 e. The van der Waals surface area contributed by atoms with Crippen molar-refractivity contribution in [3.05, 3.63) is 0 Å². The van der Waals surface area contributed by atoms with Crippen LogP contribution >= 0.6 is 0 Å². The van der Waals surface area contributed by atoms with E-state index in [1.165, 1.54) is 0 Å². The maximum absolute atomic E-state index is 12.8. The Morgan fingerprint density at radius 1 is 1.35 bits per heavy atom. The first-order valence-electron chi connectivity index (χ1n) is 6.56. The Morgan fingerprint density at radius 3 is 2.50 bits per heavy atom. The zero-order chi connectivity index (χ0) is 15.3. The summed E-state index contributed by atoms with van der Waals surface area (Å²) < 4.78 is 43.1. The number of halogens is 3. The number of amides is 1. The molecule has 0 aromatic carbocycles. The first-order valence-corrected chi connectivity index (χ1v) is 6.56. The maximum atomic E-state index is 12.8. The molecular weight excluding hydrogens is 277 g/mol. The summed E-state index contributed by atoms with van der Waals surface area (Å²) in [4.78, 5) is 23.0. The molecule has 3 unspecified atom stereocenters. The van der Waals surface area contributed by atoms with Crippen LogP contribution < -0.4 is 11.1 Å². The van der Waals surface area contributed by atoms with Crippen LogP contribution in [0.15, 0.2) is 0 Å². The van der Waals surface area contributed by atoms with Gasteiger partial charge >= 0.3 is 12.1 Å². The molecule has 3 N–H and O–H groups in total. The first kappa shape index (κ1) is 16.7. The quantitative estimate of drug-likeness (QED) is 0.601. The Morgan fingerprint density at radius 2 is 1.95 bits per heavy atom. The lowest BCUT2D eigenvalue weighted by Crippen LogP contribution is -2.54. The Labute approximate surface area is 115 Å². The highest BCUT2D eigenvalue weighted by atomic mass is 19.4. The lowest BCUT2D eigenvalue weighted by atomic mass is 9.84. The highest BCUT2D eigenvalue weighted by Gasteiger charge is 2.46. The Hall–Kier alpha value is -1.31. The van der Waals surface area contributed by atoms with E-state index < -0.39 is 36.1 Å². The van der Waals surface area contributed by atoms with Crippen molar-refractivity contribution < 1.29 is 27.5 Å². The van der Waals surface area contributed by atoms with Gasteiger partial charge in [-0.2, -0.15) is 13.2 Å². The molecule has 1 amide bonds. The van der Waals surface area contributed by atoms with Gasteiger partial charge in [0.15, 0.2) is 6.04 Å². The molecule has 0 bridgehead atoms. The van der Waals surface area contributed by atoms with E-state index in [2.05, 4.69) is 10.1 Å². The molecule has 116 valence electrons. The molecule has 1 fully saturated rings. The minimum atomic E-state index is -4.37.